The highest BCUT2D eigenvalue weighted by molar-refractivity contribution is 5.67. The highest BCUT2D eigenvalue weighted by atomic mass is 16.6. The number of carbonyl (C=O) groups is 1. The molecule has 6 nitrogen and oxygen atoms in total. The fourth-order valence-corrected chi connectivity index (χ4v) is 1.44. The normalized spacial score (nSPS) is 11.8. The number of carboxylic acids is 1. The van der Waals surface area contributed by atoms with Gasteiger partial charge in [-0.2, -0.15) is 0 Å². The predicted molar refractivity (Wildman–Crippen MR) is 63.0 cm³/mol. The Labute approximate surface area is 98.4 Å². The van der Waals surface area contributed by atoms with E-state index in [0.717, 1.165) is 0 Å². The summed E-state index contributed by atoms with van der Waals surface area (Å²) in [7, 11) is 0. The lowest BCUT2D eigenvalue weighted by Gasteiger charge is -2.11. The van der Waals surface area contributed by atoms with E-state index in [-0.39, 0.29) is 18.0 Å². The molecule has 0 fully saturated rings. The van der Waals surface area contributed by atoms with E-state index in [1.807, 2.05) is 0 Å². The first-order valence-corrected chi connectivity index (χ1v) is 5.19. The molecule has 1 rings (SSSR count). The molecular formula is C11H14N2O4. The number of nitro benzene ring substituents is 1. The maximum atomic E-state index is 10.7. The number of carboxylic acid groups (broad SMARTS) is 1. The molecule has 1 aromatic carbocycles. The van der Waals surface area contributed by atoms with Crippen LogP contribution in [0.3, 0.4) is 0 Å². The van der Waals surface area contributed by atoms with E-state index in [4.69, 9.17) is 5.11 Å². The molecule has 0 radical (unpaired) electrons. The summed E-state index contributed by atoms with van der Waals surface area (Å²) in [6, 6.07) is 6.29. The summed E-state index contributed by atoms with van der Waals surface area (Å²) in [5, 5.41) is 22.2. The third kappa shape index (κ3) is 4.10. The van der Waals surface area contributed by atoms with Crippen LogP contribution in [0.25, 0.3) is 0 Å². The monoisotopic (exact) mass is 238 g/mol. The fourth-order valence-electron chi connectivity index (χ4n) is 1.44. The molecule has 0 aromatic heterocycles. The third-order valence-corrected chi connectivity index (χ3v) is 2.26. The minimum Gasteiger partial charge on any atom is -0.481 e. The predicted octanol–water partition coefficient (Wildman–Crippen LogP) is 2.12. The molecule has 0 spiro atoms. The van der Waals surface area contributed by atoms with E-state index >= 15 is 0 Å². The maximum absolute atomic E-state index is 10.7. The van der Waals surface area contributed by atoms with E-state index in [1.165, 1.54) is 6.07 Å². The van der Waals surface area contributed by atoms with Gasteiger partial charge in [0.15, 0.2) is 0 Å². The molecule has 92 valence electrons. The second-order valence-corrected chi connectivity index (χ2v) is 3.86. The molecule has 0 saturated carbocycles. The van der Waals surface area contributed by atoms with Gasteiger partial charge in [0.05, 0.1) is 4.92 Å². The molecular weight excluding hydrogens is 224 g/mol. The zero-order chi connectivity index (χ0) is 12.8. The lowest BCUT2D eigenvalue weighted by atomic mass is 10.1. The average molecular weight is 238 g/mol. The summed E-state index contributed by atoms with van der Waals surface area (Å²) in [5.41, 5.74) is 0.407. The lowest BCUT2D eigenvalue weighted by molar-refractivity contribution is -0.384. The van der Waals surface area contributed by atoms with Crippen molar-refractivity contribution in [3.63, 3.8) is 0 Å². The topological polar surface area (TPSA) is 92.5 Å². The Balaban J connectivity index is 2.63. The van der Waals surface area contributed by atoms with Gasteiger partial charge in [0.2, 0.25) is 0 Å². The Kier molecular flexibility index (Phi) is 4.45. The third-order valence-electron chi connectivity index (χ3n) is 2.26. The van der Waals surface area contributed by atoms with E-state index in [0.29, 0.717) is 12.2 Å². The van der Waals surface area contributed by atoms with Gasteiger partial charge in [-0.15, -0.1) is 0 Å². The van der Waals surface area contributed by atoms with Gasteiger partial charge in [-0.25, -0.2) is 0 Å². The van der Waals surface area contributed by atoms with Crippen molar-refractivity contribution in [3.05, 3.63) is 34.4 Å². The van der Waals surface area contributed by atoms with E-state index in [2.05, 4.69) is 5.32 Å². The van der Waals surface area contributed by atoms with Crippen LogP contribution in [0.5, 0.6) is 0 Å². The van der Waals surface area contributed by atoms with Crippen molar-refractivity contribution in [1.82, 2.24) is 0 Å². The fraction of sp³-hybridized carbons (Fsp3) is 0.364. The maximum Gasteiger partial charge on any atom is 0.303 e. The second-order valence-electron chi connectivity index (χ2n) is 3.86. The van der Waals surface area contributed by atoms with E-state index < -0.39 is 10.9 Å². The number of anilines is 1. The Hall–Kier alpha value is -2.11. The molecule has 1 unspecified atom stereocenters. The number of aliphatic carboxylic acids is 1. The van der Waals surface area contributed by atoms with E-state index in [9.17, 15) is 14.9 Å². The number of para-hydroxylation sites is 2. The Morgan fingerprint density at radius 1 is 1.53 bits per heavy atom. The van der Waals surface area contributed by atoms with Crippen molar-refractivity contribution in [2.75, 3.05) is 11.9 Å². The van der Waals surface area contributed by atoms with Crippen molar-refractivity contribution in [3.8, 4) is 0 Å². The lowest BCUT2D eigenvalue weighted by Crippen LogP contribution is -2.15. The molecule has 0 saturated heterocycles. The number of nitro groups is 1. The van der Waals surface area contributed by atoms with E-state index in [1.54, 1.807) is 25.1 Å². The van der Waals surface area contributed by atoms with Crippen LogP contribution in [0.1, 0.15) is 13.3 Å². The number of hydrogen-bond acceptors (Lipinski definition) is 4. The van der Waals surface area contributed by atoms with Crippen molar-refractivity contribution in [2.45, 2.75) is 13.3 Å². The molecule has 0 bridgehead atoms. The van der Waals surface area contributed by atoms with Gasteiger partial charge in [-0.05, 0) is 12.0 Å². The van der Waals surface area contributed by atoms with Crippen LogP contribution in [-0.4, -0.2) is 22.5 Å². The van der Waals surface area contributed by atoms with Crippen LogP contribution < -0.4 is 5.32 Å². The molecule has 0 heterocycles. The van der Waals surface area contributed by atoms with Gasteiger partial charge in [-0.1, -0.05) is 19.1 Å². The zero-order valence-electron chi connectivity index (χ0n) is 9.42. The highest BCUT2D eigenvalue weighted by Gasteiger charge is 2.13. The van der Waals surface area contributed by atoms with Gasteiger partial charge < -0.3 is 10.4 Å². The van der Waals surface area contributed by atoms with Crippen LogP contribution >= 0.6 is 0 Å². The van der Waals surface area contributed by atoms with Crippen LogP contribution in [0.4, 0.5) is 11.4 Å². The first-order valence-electron chi connectivity index (χ1n) is 5.19. The summed E-state index contributed by atoms with van der Waals surface area (Å²) < 4.78 is 0. The second kappa shape index (κ2) is 5.83. The van der Waals surface area contributed by atoms with Crippen LogP contribution in [0.15, 0.2) is 24.3 Å². The number of nitrogens with one attached hydrogen (secondary N) is 1. The summed E-state index contributed by atoms with van der Waals surface area (Å²) in [5.74, 6) is -0.964. The summed E-state index contributed by atoms with van der Waals surface area (Å²) in [4.78, 5) is 20.7. The Morgan fingerprint density at radius 3 is 2.76 bits per heavy atom. The number of nitrogens with zero attached hydrogens (tertiary/aromatic N) is 1. The van der Waals surface area contributed by atoms with Crippen LogP contribution in [0.2, 0.25) is 0 Å². The minimum absolute atomic E-state index is 0.00461. The van der Waals surface area contributed by atoms with Crippen LogP contribution in [0, 0.1) is 16.0 Å². The number of hydrogen-bond donors (Lipinski definition) is 2. The molecule has 1 atom stereocenters. The standard InChI is InChI=1S/C11H14N2O4/c1-8(6-11(14)15)7-12-9-4-2-3-5-10(9)13(16)17/h2-5,8,12H,6-7H2,1H3,(H,14,15). The molecule has 2 N–H and O–H groups in total. The molecule has 0 aliphatic rings. The smallest absolute Gasteiger partial charge is 0.303 e. The minimum atomic E-state index is -0.873. The molecule has 0 aliphatic heterocycles. The first kappa shape index (κ1) is 13.0. The Morgan fingerprint density at radius 2 is 2.18 bits per heavy atom. The average Bonchev–Trinajstić information content (AvgIpc) is 2.25. The quantitative estimate of drug-likeness (QED) is 0.585. The SMILES string of the molecule is CC(CNc1ccccc1[N+](=O)[O-])CC(=O)O. The van der Waals surface area contributed by atoms with Gasteiger partial charge >= 0.3 is 5.97 Å². The summed E-state index contributed by atoms with van der Waals surface area (Å²) >= 11 is 0. The van der Waals surface area contributed by atoms with Gasteiger partial charge in [0.1, 0.15) is 5.69 Å². The largest absolute Gasteiger partial charge is 0.481 e. The zero-order valence-corrected chi connectivity index (χ0v) is 9.42. The van der Waals surface area contributed by atoms with Gasteiger partial charge in [0, 0.05) is 19.0 Å². The summed E-state index contributed by atoms with van der Waals surface area (Å²) in [6.45, 7) is 2.16. The number of rotatable bonds is 6. The van der Waals surface area contributed by atoms with Crippen LogP contribution in [-0.2, 0) is 4.79 Å². The molecule has 6 heteroatoms. The number of benzene rings is 1. The van der Waals surface area contributed by atoms with Gasteiger partial charge in [0.25, 0.3) is 5.69 Å². The van der Waals surface area contributed by atoms with Crippen molar-refractivity contribution in [2.24, 2.45) is 5.92 Å². The molecule has 0 aliphatic carbocycles. The highest BCUT2D eigenvalue weighted by Crippen LogP contribution is 2.23. The van der Waals surface area contributed by atoms with Gasteiger partial charge in [-0.3, -0.25) is 14.9 Å². The van der Waals surface area contributed by atoms with Crippen molar-refractivity contribution >= 4 is 17.3 Å². The first-order chi connectivity index (χ1) is 8.00. The van der Waals surface area contributed by atoms with Crippen molar-refractivity contribution in [1.29, 1.82) is 0 Å². The summed E-state index contributed by atoms with van der Waals surface area (Å²) in [6.07, 6.45) is 0.0353. The molecule has 17 heavy (non-hydrogen) atoms. The molecule has 0 amide bonds. The van der Waals surface area contributed by atoms with Crippen molar-refractivity contribution < 1.29 is 14.8 Å². The molecule has 1 aromatic rings. The Bertz CT molecular complexity index is 420.